The van der Waals surface area contributed by atoms with Crippen LogP contribution in [-0.2, 0) is 12.0 Å². The molecule has 0 radical (unpaired) electrons. The molecule has 2 aromatic heterocycles. The van der Waals surface area contributed by atoms with Crippen molar-refractivity contribution in [3.63, 3.8) is 0 Å². The summed E-state index contributed by atoms with van der Waals surface area (Å²) in [6.07, 6.45) is 0. The zero-order chi connectivity index (χ0) is 19.3. The van der Waals surface area contributed by atoms with Crippen LogP contribution in [-0.4, -0.2) is 14.0 Å². The lowest BCUT2D eigenvalue weighted by molar-refractivity contribution is 0.565. The summed E-state index contributed by atoms with van der Waals surface area (Å²) >= 11 is 6.24. The van der Waals surface area contributed by atoms with Crippen molar-refractivity contribution in [2.45, 2.75) is 32.7 Å². The number of fused-ring (bicyclic) bond motifs is 3. The van der Waals surface area contributed by atoms with Crippen molar-refractivity contribution in [1.82, 2.24) is 14.0 Å². The Bertz CT molecular complexity index is 1210. The second kappa shape index (κ2) is 6.20. The highest BCUT2D eigenvalue weighted by molar-refractivity contribution is 6.31. The molecule has 138 valence electrons. The van der Waals surface area contributed by atoms with E-state index in [0.29, 0.717) is 22.1 Å². The molecule has 4 nitrogen and oxygen atoms in total. The van der Waals surface area contributed by atoms with E-state index < -0.39 is 0 Å². The van der Waals surface area contributed by atoms with Crippen molar-refractivity contribution in [1.29, 1.82) is 0 Å². The van der Waals surface area contributed by atoms with E-state index in [-0.39, 0.29) is 23.3 Å². The number of imidazole rings is 1. The molecule has 0 N–H and O–H groups in total. The maximum absolute atomic E-state index is 14.4. The number of rotatable bonds is 2. The van der Waals surface area contributed by atoms with Crippen LogP contribution in [0.25, 0.3) is 16.8 Å². The van der Waals surface area contributed by atoms with E-state index in [9.17, 15) is 9.18 Å². The molecular formula is C21H19ClFN3O. The predicted molar refractivity (Wildman–Crippen MR) is 106 cm³/mol. The molecule has 0 saturated carbocycles. The van der Waals surface area contributed by atoms with Gasteiger partial charge < -0.3 is 4.57 Å². The highest BCUT2D eigenvalue weighted by atomic mass is 35.5. The van der Waals surface area contributed by atoms with Gasteiger partial charge in [-0.3, -0.25) is 4.79 Å². The van der Waals surface area contributed by atoms with Gasteiger partial charge in [-0.1, -0.05) is 50.6 Å². The number of para-hydroxylation sites is 2. The van der Waals surface area contributed by atoms with Crippen LogP contribution in [0.15, 0.2) is 53.3 Å². The van der Waals surface area contributed by atoms with Gasteiger partial charge in [-0.2, -0.15) is 0 Å². The van der Waals surface area contributed by atoms with E-state index in [1.165, 1.54) is 6.07 Å². The van der Waals surface area contributed by atoms with Gasteiger partial charge >= 0.3 is 0 Å². The van der Waals surface area contributed by atoms with Gasteiger partial charge in [-0.05, 0) is 24.3 Å². The molecule has 0 aliphatic heterocycles. The van der Waals surface area contributed by atoms with E-state index in [4.69, 9.17) is 16.6 Å². The van der Waals surface area contributed by atoms with Gasteiger partial charge in [-0.25, -0.2) is 13.8 Å². The van der Waals surface area contributed by atoms with Crippen LogP contribution in [0.5, 0.6) is 0 Å². The number of aromatic nitrogens is 3. The Balaban J connectivity index is 2.08. The van der Waals surface area contributed by atoms with E-state index in [1.807, 2.05) is 49.6 Å². The van der Waals surface area contributed by atoms with Crippen LogP contribution < -0.4 is 5.56 Å². The zero-order valence-corrected chi connectivity index (χ0v) is 16.1. The fourth-order valence-corrected chi connectivity index (χ4v) is 3.47. The van der Waals surface area contributed by atoms with Crippen LogP contribution in [0, 0.1) is 5.82 Å². The van der Waals surface area contributed by atoms with Crippen LogP contribution in [0.4, 0.5) is 4.39 Å². The van der Waals surface area contributed by atoms with Gasteiger partial charge in [0.1, 0.15) is 5.82 Å². The molecule has 0 aliphatic rings. The van der Waals surface area contributed by atoms with Crippen LogP contribution >= 0.6 is 11.6 Å². The predicted octanol–water partition coefficient (Wildman–Crippen LogP) is 4.79. The minimum atomic E-state index is -0.382. The van der Waals surface area contributed by atoms with E-state index in [0.717, 1.165) is 11.0 Å². The molecule has 2 aromatic carbocycles. The summed E-state index contributed by atoms with van der Waals surface area (Å²) in [5.74, 6) is 0.0979. The molecule has 0 spiro atoms. The molecule has 0 atom stereocenters. The molecule has 0 amide bonds. The number of nitrogens with zero attached hydrogens (tertiary/aromatic N) is 3. The maximum Gasteiger partial charge on any atom is 0.259 e. The fraction of sp³-hybridized carbons (Fsp3) is 0.238. The summed E-state index contributed by atoms with van der Waals surface area (Å²) in [5, 5.41) is 0.347. The van der Waals surface area contributed by atoms with Gasteiger partial charge in [0.05, 0.1) is 23.3 Å². The Morgan fingerprint density at radius 1 is 1.07 bits per heavy atom. The Kier molecular flexibility index (Phi) is 4.07. The third-order valence-electron chi connectivity index (χ3n) is 4.70. The van der Waals surface area contributed by atoms with E-state index in [2.05, 4.69) is 0 Å². The average Bonchev–Trinajstić information content (AvgIpc) is 2.92. The van der Waals surface area contributed by atoms with Crippen molar-refractivity contribution in [3.8, 4) is 0 Å². The highest BCUT2D eigenvalue weighted by Crippen LogP contribution is 2.26. The zero-order valence-electron chi connectivity index (χ0n) is 15.3. The quantitative estimate of drug-likeness (QED) is 0.499. The lowest BCUT2D eigenvalue weighted by Gasteiger charge is -2.17. The standard InChI is InChI=1S/C21H19ClFN3O/c1-21(2,3)18-11-19(27)26-17-10-5-4-9-16(17)25(20(26)24-18)12-13-14(22)7-6-8-15(13)23/h4-11H,12H2,1-3H3. The van der Waals surface area contributed by atoms with E-state index >= 15 is 0 Å². The van der Waals surface area contributed by atoms with E-state index in [1.54, 1.807) is 22.6 Å². The fourth-order valence-electron chi connectivity index (χ4n) is 3.25. The smallest absolute Gasteiger partial charge is 0.259 e. The van der Waals surface area contributed by atoms with Crippen LogP contribution in [0.3, 0.4) is 0 Å². The normalized spacial score (nSPS) is 12.2. The number of hydrogen-bond acceptors (Lipinski definition) is 2. The molecule has 0 unspecified atom stereocenters. The van der Waals surface area contributed by atoms with Gasteiger partial charge in [0, 0.05) is 22.1 Å². The molecule has 2 heterocycles. The molecular weight excluding hydrogens is 365 g/mol. The topological polar surface area (TPSA) is 39.3 Å². The molecule has 4 aromatic rings. The monoisotopic (exact) mass is 383 g/mol. The summed E-state index contributed by atoms with van der Waals surface area (Å²) < 4.78 is 17.8. The molecule has 6 heteroatoms. The molecule has 27 heavy (non-hydrogen) atoms. The van der Waals surface area contributed by atoms with Crippen molar-refractivity contribution in [3.05, 3.63) is 81.0 Å². The maximum atomic E-state index is 14.4. The SMILES string of the molecule is CC(C)(C)c1cc(=O)n2c3ccccc3n(Cc3c(F)cccc3Cl)c2n1. The third kappa shape index (κ3) is 2.92. The summed E-state index contributed by atoms with van der Waals surface area (Å²) in [4.78, 5) is 17.6. The Hall–Kier alpha value is -2.66. The van der Waals surface area contributed by atoms with Crippen molar-refractivity contribution < 1.29 is 4.39 Å². The third-order valence-corrected chi connectivity index (χ3v) is 5.06. The van der Waals surface area contributed by atoms with Gasteiger partial charge in [0.2, 0.25) is 5.78 Å². The Labute approximate surface area is 160 Å². The summed E-state index contributed by atoms with van der Waals surface area (Å²) in [6.45, 7) is 6.20. The van der Waals surface area contributed by atoms with Crippen LogP contribution in [0.1, 0.15) is 32.0 Å². The molecule has 0 bridgehead atoms. The molecule has 4 rings (SSSR count). The lowest BCUT2D eigenvalue weighted by atomic mass is 9.92. The number of halogens is 2. The van der Waals surface area contributed by atoms with Gasteiger partial charge in [0.25, 0.3) is 5.56 Å². The second-order valence-corrected chi connectivity index (χ2v) is 8.05. The Morgan fingerprint density at radius 2 is 1.78 bits per heavy atom. The van der Waals surface area contributed by atoms with Crippen LogP contribution in [0.2, 0.25) is 5.02 Å². The minimum absolute atomic E-state index is 0.153. The first-order chi connectivity index (χ1) is 12.8. The molecule has 0 fully saturated rings. The number of hydrogen-bond donors (Lipinski definition) is 0. The molecule has 0 saturated heterocycles. The first-order valence-corrected chi connectivity index (χ1v) is 9.09. The average molecular weight is 384 g/mol. The highest BCUT2D eigenvalue weighted by Gasteiger charge is 2.21. The molecule has 0 aliphatic carbocycles. The summed E-state index contributed by atoms with van der Waals surface area (Å²) in [7, 11) is 0. The summed E-state index contributed by atoms with van der Waals surface area (Å²) in [6, 6.07) is 13.7. The first-order valence-electron chi connectivity index (χ1n) is 8.72. The first kappa shape index (κ1) is 17.7. The number of benzene rings is 2. The summed E-state index contributed by atoms with van der Waals surface area (Å²) in [5.41, 5.74) is 2.16. The van der Waals surface area contributed by atoms with Crippen molar-refractivity contribution in [2.24, 2.45) is 0 Å². The lowest BCUT2D eigenvalue weighted by Crippen LogP contribution is -2.22. The van der Waals surface area contributed by atoms with Gasteiger partial charge in [-0.15, -0.1) is 0 Å². The largest absolute Gasteiger partial charge is 0.305 e. The van der Waals surface area contributed by atoms with Gasteiger partial charge in [0.15, 0.2) is 0 Å². The van der Waals surface area contributed by atoms with Crippen molar-refractivity contribution >= 4 is 28.4 Å². The minimum Gasteiger partial charge on any atom is -0.305 e. The second-order valence-electron chi connectivity index (χ2n) is 7.64. The van der Waals surface area contributed by atoms with Crippen molar-refractivity contribution in [2.75, 3.05) is 0 Å². The Morgan fingerprint density at radius 3 is 2.44 bits per heavy atom.